The number of hydrogen-bond donors (Lipinski definition) is 1. The lowest BCUT2D eigenvalue weighted by molar-refractivity contribution is -0.137. The zero-order valence-electron chi connectivity index (χ0n) is 17.3. The van der Waals surface area contributed by atoms with Gasteiger partial charge >= 0.3 is 5.97 Å². The molecule has 0 heterocycles. The molecule has 0 radical (unpaired) electrons. The predicted octanol–water partition coefficient (Wildman–Crippen LogP) is 7.84. The molecule has 0 aliphatic rings. The molecule has 1 atom stereocenters. The van der Waals surface area contributed by atoms with E-state index in [0.29, 0.717) is 22.4 Å². The Morgan fingerprint density at radius 1 is 0.767 bits per heavy atom. The molecule has 2 aromatic rings. The highest BCUT2D eigenvalue weighted by Gasteiger charge is 2.11. The summed E-state index contributed by atoms with van der Waals surface area (Å²) in [6.45, 7) is 0. The fourth-order valence-electron chi connectivity index (χ4n) is 3.41. The topological polar surface area (TPSA) is 54.4 Å². The summed E-state index contributed by atoms with van der Waals surface area (Å²) >= 11 is 7.20. The number of benzene rings is 2. The van der Waals surface area contributed by atoms with Gasteiger partial charge in [-0.25, -0.2) is 0 Å². The second kappa shape index (κ2) is 13.8. The monoisotopic (exact) mass is 536 g/mol. The van der Waals surface area contributed by atoms with E-state index in [4.69, 9.17) is 5.11 Å². The van der Waals surface area contributed by atoms with Crippen LogP contribution in [0.15, 0.2) is 48.5 Å². The van der Waals surface area contributed by atoms with Crippen LogP contribution in [-0.4, -0.2) is 16.9 Å². The molecule has 0 saturated carbocycles. The van der Waals surface area contributed by atoms with Crippen LogP contribution in [0.2, 0.25) is 0 Å². The van der Waals surface area contributed by atoms with Gasteiger partial charge in [-0.1, -0.05) is 119 Å². The van der Waals surface area contributed by atoms with Crippen LogP contribution in [0.5, 0.6) is 0 Å². The van der Waals surface area contributed by atoms with Gasteiger partial charge in [0.05, 0.1) is 0 Å². The van der Waals surface area contributed by atoms with E-state index in [1.165, 1.54) is 24.8 Å². The van der Waals surface area contributed by atoms with Crippen LogP contribution < -0.4 is 0 Å². The average Bonchev–Trinajstić information content (AvgIpc) is 2.77. The van der Waals surface area contributed by atoms with Crippen molar-refractivity contribution >= 4 is 43.6 Å². The molecule has 0 aliphatic heterocycles. The van der Waals surface area contributed by atoms with Gasteiger partial charge in [0.15, 0.2) is 5.78 Å². The fourth-order valence-corrected chi connectivity index (χ4v) is 4.41. The first-order chi connectivity index (χ1) is 14.5. The Kier molecular flexibility index (Phi) is 11.4. The van der Waals surface area contributed by atoms with Crippen LogP contribution >= 0.6 is 31.9 Å². The Morgan fingerprint density at radius 2 is 1.27 bits per heavy atom. The van der Waals surface area contributed by atoms with Crippen molar-refractivity contribution in [2.24, 2.45) is 0 Å². The third-order valence-electron chi connectivity index (χ3n) is 5.25. The number of ketones is 1. The van der Waals surface area contributed by atoms with Crippen LogP contribution in [0.3, 0.4) is 0 Å². The molecule has 30 heavy (non-hydrogen) atoms. The number of rotatable bonds is 14. The lowest BCUT2D eigenvalue weighted by atomic mass is 9.99. The zero-order valence-corrected chi connectivity index (χ0v) is 20.5. The quantitative estimate of drug-likeness (QED) is 0.152. The third kappa shape index (κ3) is 8.73. The first-order valence-corrected chi connectivity index (χ1v) is 12.7. The Morgan fingerprint density at radius 3 is 1.80 bits per heavy atom. The van der Waals surface area contributed by atoms with Gasteiger partial charge in [-0.2, -0.15) is 0 Å². The van der Waals surface area contributed by atoms with E-state index >= 15 is 0 Å². The van der Waals surface area contributed by atoms with Gasteiger partial charge < -0.3 is 5.11 Å². The lowest BCUT2D eigenvalue weighted by Gasteiger charge is -2.11. The third-order valence-corrected chi connectivity index (χ3v) is 6.89. The average molecular weight is 538 g/mol. The molecule has 0 amide bonds. The molecule has 0 saturated heterocycles. The second-order valence-corrected chi connectivity index (χ2v) is 9.32. The van der Waals surface area contributed by atoms with Crippen molar-refractivity contribution in [2.75, 3.05) is 0 Å². The van der Waals surface area contributed by atoms with Crippen molar-refractivity contribution in [3.8, 4) is 0 Å². The highest BCUT2D eigenvalue weighted by Crippen LogP contribution is 2.29. The van der Waals surface area contributed by atoms with Crippen molar-refractivity contribution < 1.29 is 14.7 Å². The number of carbonyl (C=O) groups is 2. The van der Waals surface area contributed by atoms with Gasteiger partial charge in [-0.05, 0) is 24.0 Å². The van der Waals surface area contributed by atoms with E-state index in [0.717, 1.165) is 43.0 Å². The summed E-state index contributed by atoms with van der Waals surface area (Å²) in [6, 6.07) is 15.6. The Labute approximate surface area is 196 Å². The van der Waals surface area contributed by atoms with Crippen LogP contribution in [-0.2, 0) is 10.1 Å². The largest absolute Gasteiger partial charge is 0.481 e. The van der Waals surface area contributed by atoms with Crippen molar-refractivity contribution in [3.63, 3.8) is 0 Å². The highest BCUT2D eigenvalue weighted by molar-refractivity contribution is 9.09. The van der Waals surface area contributed by atoms with E-state index in [-0.39, 0.29) is 5.78 Å². The predicted molar refractivity (Wildman–Crippen MR) is 130 cm³/mol. The van der Waals surface area contributed by atoms with E-state index in [9.17, 15) is 9.59 Å². The summed E-state index contributed by atoms with van der Waals surface area (Å²) in [6.07, 6.45) is 9.03. The number of unbranched alkanes of at least 4 members (excludes halogenated alkanes) is 6. The number of halogens is 2. The molecule has 0 aromatic heterocycles. The molecule has 1 N–H and O–H groups in total. The number of aliphatic carboxylic acids is 1. The van der Waals surface area contributed by atoms with Gasteiger partial charge in [-0.15, -0.1) is 0 Å². The number of alkyl halides is 2. The minimum Gasteiger partial charge on any atom is -0.481 e. The molecule has 0 fully saturated rings. The Bertz CT molecular complexity index is 785. The van der Waals surface area contributed by atoms with Crippen LogP contribution in [0.1, 0.15) is 89.7 Å². The van der Waals surface area contributed by atoms with Gasteiger partial charge in [0.25, 0.3) is 0 Å². The fraction of sp³-hybridized carbons (Fsp3) is 0.440. The van der Waals surface area contributed by atoms with E-state index in [1.54, 1.807) is 0 Å². The van der Waals surface area contributed by atoms with Gasteiger partial charge in [0.2, 0.25) is 0 Å². The van der Waals surface area contributed by atoms with Crippen molar-refractivity contribution in [2.45, 2.75) is 67.9 Å². The molecule has 0 bridgehead atoms. The van der Waals surface area contributed by atoms with E-state index in [2.05, 4.69) is 31.9 Å². The number of hydrogen-bond acceptors (Lipinski definition) is 2. The second-order valence-electron chi connectivity index (χ2n) is 7.66. The van der Waals surface area contributed by atoms with Crippen LogP contribution in [0.4, 0.5) is 0 Å². The molecule has 3 nitrogen and oxygen atoms in total. The van der Waals surface area contributed by atoms with Gasteiger partial charge in [0.1, 0.15) is 0 Å². The Balaban J connectivity index is 1.69. The molecule has 0 spiro atoms. The standard InChI is InChI=1S/C25H30Br2O3/c26-18-19-10-12-21(13-11-19)25(30)22-16-14-20(15-17-22)23(27)8-6-4-2-1-3-5-7-9-24(28)29/h10-17,23H,1-9,18H2,(H,28,29). The first-order valence-electron chi connectivity index (χ1n) is 10.7. The molecule has 2 aromatic carbocycles. The SMILES string of the molecule is O=C(O)CCCCCCCCCC(Br)c1ccc(C(=O)c2ccc(CBr)cc2)cc1. The van der Waals surface area contributed by atoms with Crippen LogP contribution in [0.25, 0.3) is 0 Å². The molecule has 0 aliphatic carbocycles. The molecule has 5 heteroatoms. The van der Waals surface area contributed by atoms with Crippen molar-refractivity contribution in [3.05, 3.63) is 70.8 Å². The van der Waals surface area contributed by atoms with E-state index in [1.807, 2.05) is 48.5 Å². The Hall–Kier alpha value is -1.46. The van der Waals surface area contributed by atoms with Crippen molar-refractivity contribution in [1.29, 1.82) is 0 Å². The number of carbonyl (C=O) groups excluding carboxylic acids is 1. The normalized spacial score (nSPS) is 11.9. The maximum absolute atomic E-state index is 12.6. The van der Waals surface area contributed by atoms with Crippen LogP contribution in [0, 0.1) is 0 Å². The minimum absolute atomic E-state index is 0.0529. The minimum atomic E-state index is -0.695. The summed E-state index contributed by atoms with van der Waals surface area (Å²) in [4.78, 5) is 23.4. The smallest absolute Gasteiger partial charge is 0.303 e. The molecular formula is C25H30Br2O3. The number of carboxylic acids is 1. The maximum atomic E-state index is 12.6. The summed E-state index contributed by atoms with van der Waals surface area (Å²) in [5, 5.41) is 9.41. The molecule has 162 valence electrons. The van der Waals surface area contributed by atoms with E-state index < -0.39 is 5.97 Å². The summed E-state index contributed by atoms with van der Waals surface area (Å²) in [7, 11) is 0. The lowest BCUT2D eigenvalue weighted by Crippen LogP contribution is -2.02. The van der Waals surface area contributed by atoms with Gasteiger partial charge in [-0.3, -0.25) is 9.59 Å². The first kappa shape index (κ1) is 24.8. The molecule has 2 rings (SSSR count). The summed E-state index contributed by atoms with van der Waals surface area (Å²) in [5.74, 6) is -0.642. The molecule has 1 unspecified atom stereocenters. The maximum Gasteiger partial charge on any atom is 0.303 e. The highest BCUT2D eigenvalue weighted by atomic mass is 79.9. The summed E-state index contributed by atoms with van der Waals surface area (Å²) in [5.41, 5.74) is 3.79. The number of carboxylic acid groups (broad SMARTS) is 1. The zero-order chi connectivity index (χ0) is 21.8. The van der Waals surface area contributed by atoms with Crippen molar-refractivity contribution in [1.82, 2.24) is 0 Å². The summed E-state index contributed by atoms with van der Waals surface area (Å²) < 4.78 is 0. The molecular weight excluding hydrogens is 508 g/mol. The van der Waals surface area contributed by atoms with Gasteiger partial charge in [0, 0.05) is 27.7 Å².